The molecule has 0 radical (unpaired) electrons. The number of carbonyl (C=O) groups is 3. The average Bonchev–Trinajstić information content (AvgIpc) is 3.45. The minimum absolute atomic E-state index is 0.155. The van der Waals surface area contributed by atoms with E-state index in [1.165, 1.54) is 11.3 Å². The number of hydrogen-bond acceptors (Lipinski definition) is 4. The Balaban J connectivity index is 1.35. The summed E-state index contributed by atoms with van der Waals surface area (Å²) in [5, 5.41) is 7.54. The Labute approximate surface area is 178 Å². The summed E-state index contributed by atoms with van der Waals surface area (Å²) >= 11 is 1.36. The highest BCUT2D eigenvalue weighted by atomic mass is 32.1. The number of amides is 3. The number of rotatable bonds is 6. The van der Waals surface area contributed by atoms with Crippen LogP contribution >= 0.6 is 11.3 Å². The van der Waals surface area contributed by atoms with Gasteiger partial charge in [-0.1, -0.05) is 24.3 Å². The third-order valence-electron chi connectivity index (χ3n) is 4.90. The van der Waals surface area contributed by atoms with E-state index < -0.39 is 0 Å². The number of nitrogens with zero attached hydrogens (tertiary/aromatic N) is 1. The van der Waals surface area contributed by atoms with Crippen LogP contribution in [0.25, 0.3) is 0 Å². The van der Waals surface area contributed by atoms with Crippen molar-refractivity contribution in [2.75, 3.05) is 16.8 Å². The highest BCUT2D eigenvalue weighted by molar-refractivity contribution is 7.12. The van der Waals surface area contributed by atoms with Crippen molar-refractivity contribution in [1.29, 1.82) is 0 Å². The topological polar surface area (TPSA) is 78.5 Å². The Morgan fingerprint density at radius 1 is 1.00 bits per heavy atom. The first kappa shape index (κ1) is 19.8. The lowest BCUT2D eigenvalue weighted by Gasteiger charge is -2.16. The van der Waals surface area contributed by atoms with Crippen LogP contribution in [-0.4, -0.2) is 24.3 Å². The highest BCUT2D eigenvalue weighted by Crippen LogP contribution is 2.21. The van der Waals surface area contributed by atoms with E-state index in [-0.39, 0.29) is 17.7 Å². The molecule has 2 heterocycles. The Morgan fingerprint density at radius 2 is 1.83 bits per heavy atom. The van der Waals surface area contributed by atoms with Gasteiger partial charge >= 0.3 is 0 Å². The van der Waals surface area contributed by atoms with Crippen LogP contribution in [-0.2, 0) is 11.3 Å². The van der Waals surface area contributed by atoms with Gasteiger partial charge in [0.2, 0.25) is 5.91 Å². The number of benzene rings is 2. The zero-order valence-electron chi connectivity index (χ0n) is 16.3. The maximum absolute atomic E-state index is 12.5. The second-order valence-electron chi connectivity index (χ2n) is 7.01. The maximum Gasteiger partial charge on any atom is 0.265 e. The van der Waals surface area contributed by atoms with Crippen molar-refractivity contribution in [3.63, 3.8) is 0 Å². The molecule has 152 valence electrons. The normalized spacial score (nSPS) is 13.3. The van der Waals surface area contributed by atoms with Crippen LogP contribution in [0.2, 0.25) is 0 Å². The van der Waals surface area contributed by atoms with E-state index in [9.17, 15) is 14.4 Å². The minimum Gasteiger partial charge on any atom is -0.348 e. The molecule has 1 saturated heterocycles. The fourth-order valence-electron chi connectivity index (χ4n) is 3.34. The minimum atomic E-state index is -0.221. The van der Waals surface area contributed by atoms with Gasteiger partial charge in [0.1, 0.15) is 0 Å². The molecule has 0 aliphatic carbocycles. The molecule has 1 aliphatic heterocycles. The second kappa shape index (κ2) is 8.92. The summed E-state index contributed by atoms with van der Waals surface area (Å²) in [7, 11) is 0. The summed E-state index contributed by atoms with van der Waals surface area (Å²) < 4.78 is 0. The highest BCUT2D eigenvalue weighted by Gasteiger charge is 2.21. The van der Waals surface area contributed by atoms with E-state index >= 15 is 0 Å². The smallest absolute Gasteiger partial charge is 0.265 e. The molecule has 7 heteroatoms. The van der Waals surface area contributed by atoms with Gasteiger partial charge in [0.15, 0.2) is 0 Å². The lowest BCUT2D eigenvalue weighted by molar-refractivity contribution is -0.117. The molecule has 4 rings (SSSR count). The molecule has 0 atom stereocenters. The first-order valence-corrected chi connectivity index (χ1v) is 10.6. The van der Waals surface area contributed by atoms with Gasteiger partial charge in [-0.05, 0) is 53.8 Å². The Morgan fingerprint density at radius 3 is 2.53 bits per heavy atom. The van der Waals surface area contributed by atoms with Gasteiger partial charge in [-0.25, -0.2) is 0 Å². The zero-order chi connectivity index (χ0) is 20.9. The summed E-state index contributed by atoms with van der Waals surface area (Å²) in [6.07, 6.45) is 1.49. The molecular weight excluding hydrogens is 398 g/mol. The number of hydrogen-bond donors (Lipinski definition) is 2. The molecule has 2 aromatic carbocycles. The molecular formula is C23H21N3O3S. The van der Waals surface area contributed by atoms with E-state index in [1.807, 2.05) is 35.7 Å². The first-order valence-electron chi connectivity index (χ1n) is 9.72. The number of carbonyl (C=O) groups excluding carboxylic acids is 3. The van der Waals surface area contributed by atoms with E-state index in [0.29, 0.717) is 29.1 Å². The van der Waals surface area contributed by atoms with Crippen molar-refractivity contribution < 1.29 is 14.4 Å². The zero-order valence-corrected chi connectivity index (χ0v) is 17.1. The van der Waals surface area contributed by atoms with Crippen LogP contribution in [0.3, 0.4) is 0 Å². The molecule has 1 fully saturated rings. The standard InChI is InChI=1S/C23H21N3O3S/c27-21-7-2-12-26(21)19-10-8-16(9-11-19)15-24-22(28)17-4-1-5-18(14-17)25-23(29)20-6-3-13-30-20/h1,3-6,8-11,13-14H,2,7,12,15H2,(H,24,28)(H,25,29). The fraction of sp³-hybridized carbons (Fsp3) is 0.174. The summed E-state index contributed by atoms with van der Waals surface area (Å²) in [6.45, 7) is 1.13. The lowest BCUT2D eigenvalue weighted by Crippen LogP contribution is -2.24. The average molecular weight is 420 g/mol. The molecule has 3 amide bonds. The molecule has 0 unspecified atom stereocenters. The summed E-state index contributed by atoms with van der Waals surface area (Å²) in [5.41, 5.74) is 2.88. The van der Waals surface area contributed by atoms with Gasteiger partial charge in [0, 0.05) is 36.4 Å². The van der Waals surface area contributed by atoms with Crippen molar-refractivity contribution in [1.82, 2.24) is 5.32 Å². The molecule has 3 aromatic rings. The predicted octanol–water partition coefficient (Wildman–Crippen LogP) is 4.06. The number of nitrogens with one attached hydrogen (secondary N) is 2. The van der Waals surface area contributed by atoms with Crippen molar-refractivity contribution in [2.45, 2.75) is 19.4 Å². The third kappa shape index (κ3) is 4.58. The van der Waals surface area contributed by atoms with E-state index in [2.05, 4.69) is 10.6 Å². The van der Waals surface area contributed by atoms with Crippen LogP contribution in [0.5, 0.6) is 0 Å². The van der Waals surface area contributed by atoms with Crippen LogP contribution in [0.1, 0.15) is 38.4 Å². The predicted molar refractivity (Wildman–Crippen MR) is 118 cm³/mol. The summed E-state index contributed by atoms with van der Waals surface area (Å²) in [4.78, 5) is 39.0. The lowest BCUT2D eigenvalue weighted by atomic mass is 10.1. The van der Waals surface area contributed by atoms with Crippen LogP contribution in [0.4, 0.5) is 11.4 Å². The molecule has 1 aromatic heterocycles. The molecule has 0 saturated carbocycles. The van der Waals surface area contributed by atoms with Crippen LogP contribution in [0.15, 0.2) is 66.0 Å². The molecule has 30 heavy (non-hydrogen) atoms. The molecule has 6 nitrogen and oxygen atoms in total. The maximum atomic E-state index is 12.5. The summed E-state index contributed by atoms with van der Waals surface area (Å²) in [6, 6.07) is 18.1. The number of anilines is 2. The van der Waals surface area contributed by atoms with Gasteiger partial charge in [-0.15, -0.1) is 11.3 Å². The second-order valence-corrected chi connectivity index (χ2v) is 7.96. The van der Waals surface area contributed by atoms with Crippen molar-refractivity contribution >= 4 is 40.4 Å². The van der Waals surface area contributed by atoms with Gasteiger partial charge < -0.3 is 15.5 Å². The molecule has 1 aliphatic rings. The van der Waals surface area contributed by atoms with Crippen LogP contribution < -0.4 is 15.5 Å². The fourth-order valence-corrected chi connectivity index (χ4v) is 3.96. The molecule has 0 spiro atoms. The summed E-state index contributed by atoms with van der Waals surface area (Å²) in [5.74, 6) is -0.262. The van der Waals surface area contributed by atoms with Gasteiger partial charge in [0.25, 0.3) is 11.8 Å². The van der Waals surface area contributed by atoms with Crippen molar-refractivity contribution in [3.8, 4) is 0 Å². The first-order chi connectivity index (χ1) is 14.6. The quantitative estimate of drug-likeness (QED) is 0.633. The van der Waals surface area contributed by atoms with Crippen molar-refractivity contribution in [3.05, 3.63) is 82.0 Å². The van der Waals surface area contributed by atoms with Gasteiger partial charge in [-0.2, -0.15) is 0 Å². The monoisotopic (exact) mass is 419 g/mol. The van der Waals surface area contributed by atoms with E-state index in [4.69, 9.17) is 0 Å². The van der Waals surface area contributed by atoms with E-state index in [0.717, 1.165) is 24.2 Å². The molecule has 0 bridgehead atoms. The van der Waals surface area contributed by atoms with Gasteiger partial charge in [-0.3, -0.25) is 14.4 Å². The van der Waals surface area contributed by atoms with E-state index in [1.54, 1.807) is 35.2 Å². The van der Waals surface area contributed by atoms with Crippen molar-refractivity contribution in [2.24, 2.45) is 0 Å². The molecule has 2 N–H and O–H groups in total. The SMILES string of the molecule is O=C(NCc1ccc(N2CCCC2=O)cc1)c1cccc(NC(=O)c2cccs2)c1. The third-order valence-corrected chi connectivity index (χ3v) is 5.77. The van der Waals surface area contributed by atoms with Crippen LogP contribution in [0, 0.1) is 0 Å². The Bertz CT molecular complexity index is 1060. The largest absolute Gasteiger partial charge is 0.348 e. The Hall–Kier alpha value is -3.45. The number of thiophene rings is 1. The Kier molecular flexibility index (Phi) is 5.90. The van der Waals surface area contributed by atoms with Gasteiger partial charge in [0.05, 0.1) is 4.88 Å².